The Morgan fingerprint density at radius 1 is 1.06 bits per heavy atom. The quantitative estimate of drug-likeness (QED) is 0.595. The maximum Gasteiger partial charge on any atom is 0.315 e. The molecule has 0 bridgehead atoms. The first-order chi connectivity index (χ1) is 15.5. The lowest BCUT2D eigenvalue weighted by Crippen LogP contribution is -2.48. The van der Waals surface area contributed by atoms with Crippen LogP contribution < -0.4 is 4.80 Å². The number of aryl methyl sites for hydroxylation is 1. The molecule has 0 spiro atoms. The highest BCUT2D eigenvalue weighted by molar-refractivity contribution is 7.09. The molecular weight excluding hydrogens is 424 g/mol. The second-order valence-electron chi connectivity index (χ2n) is 7.89. The molecule has 8 heteroatoms. The van der Waals surface area contributed by atoms with Gasteiger partial charge in [-0.25, -0.2) is 0 Å². The van der Waals surface area contributed by atoms with Crippen molar-refractivity contribution in [3.63, 3.8) is 0 Å². The molecule has 2 amide bonds. The smallest absolute Gasteiger partial charge is 0.315 e. The highest BCUT2D eigenvalue weighted by Crippen LogP contribution is 2.18. The predicted molar refractivity (Wildman–Crippen MR) is 124 cm³/mol. The lowest BCUT2D eigenvalue weighted by Gasteiger charge is -2.34. The number of likely N-dealkylation sites (N-methyl/N-ethyl adjacent to an activating group) is 1. The van der Waals surface area contributed by atoms with E-state index in [1.807, 2.05) is 47.6 Å². The minimum Gasteiger partial charge on any atom is -0.459 e. The van der Waals surface area contributed by atoms with Crippen LogP contribution in [0.1, 0.15) is 44.0 Å². The van der Waals surface area contributed by atoms with E-state index in [0.29, 0.717) is 16.9 Å². The zero-order chi connectivity index (χ0) is 22.7. The summed E-state index contributed by atoms with van der Waals surface area (Å²) >= 11 is 1.46. The van der Waals surface area contributed by atoms with Crippen molar-refractivity contribution in [1.29, 1.82) is 0 Å². The van der Waals surface area contributed by atoms with Gasteiger partial charge < -0.3 is 18.8 Å². The number of carbonyl (C=O) groups is 2. The van der Waals surface area contributed by atoms with E-state index in [2.05, 4.69) is 16.8 Å². The topological polar surface area (TPSA) is 71.1 Å². The second-order valence-corrected chi connectivity index (χ2v) is 9.07. The molecule has 3 aromatic rings. The normalized spacial score (nSPS) is 15.3. The SMILES string of the molecule is CCN1CCN(C(=O)c2ccccc2Cn2c(C)c(C)sc2=NC(=O)c2ccco2)CC1. The number of piperazine rings is 1. The van der Waals surface area contributed by atoms with E-state index >= 15 is 0 Å². The molecule has 1 saturated heterocycles. The summed E-state index contributed by atoms with van der Waals surface area (Å²) < 4.78 is 7.20. The molecule has 0 N–H and O–H groups in total. The van der Waals surface area contributed by atoms with Crippen LogP contribution in [-0.4, -0.2) is 58.9 Å². The Morgan fingerprint density at radius 3 is 2.50 bits per heavy atom. The van der Waals surface area contributed by atoms with Gasteiger partial charge in [0.05, 0.1) is 12.8 Å². The molecule has 1 aliphatic heterocycles. The molecule has 0 radical (unpaired) electrons. The molecule has 32 heavy (non-hydrogen) atoms. The third-order valence-electron chi connectivity index (χ3n) is 6.00. The summed E-state index contributed by atoms with van der Waals surface area (Å²) in [6, 6.07) is 11.0. The summed E-state index contributed by atoms with van der Waals surface area (Å²) in [6.45, 7) is 10.9. The summed E-state index contributed by atoms with van der Waals surface area (Å²) in [5, 5.41) is 0. The number of amides is 2. The van der Waals surface area contributed by atoms with Crippen molar-refractivity contribution in [2.24, 2.45) is 4.99 Å². The average Bonchev–Trinajstić information content (AvgIpc) is 3.44. The summed E-state index contributed by atoms with van der Waals surface area (Å²) in [4.78, 5) is 36.1. The average molecular weight is 453 g/mol. The van der Waals surface area contributed by atoms with Crippen molar-refractivity contribution in [3.8, 4) is 0 Å². The molecule has 3 heterocycles. The fraction of sp³-hybridized carbons (Fsp3) is 0.375. The van der Waals surface area contributed by atoms with Crippen LogP contribution in [0.4, 0.5) is 0 Å². The minimum absolute atomic E-state index is 0.0618. The number of hydrogen-bond acceptors (Lipinski definition) is 5. The fourth-order valence-electron chi connectivity index (χ4n) is 3.89. The molecule has 1 fully saturated rings. The molecule has 7 nitrogen and oxygen atoms in total. The summed E-state index contributed by atoms with van der Waals surface area (Å²) in [6.07, 6.45) is 1.46. The fourth-order valence-corrected chi connectivity index (χ4v) is 4.86. The minimum atomic E-state index is -0.414. The third kappa shape index (κ3) is 4.61. The first-order valence-electron chi connectivity index (χ1n) is 10.9. The maximum absolute atomic E-state index is 13.3. The van der Waals surface area contributed by atoms with Crippen LogP contribution in [0, 0.1) is 13.8 Å². The van der Waals surface area contributed by atoms with Gasteiger partial charge >= 0.3 is 5.91 Å². The molecule has 0 atom stereocenters. The molecule has 1 aliphatic rings. The van der Waals surface area contributed by atoms with Gasteiger partial charge in [0, 0.05) is 42.3 Å². The van der Waals surface area contributed by atoms with E-state index in [4.69, 9.17) is 4.42 Å². The molecule has 0 aliphatic carbocycles. The van der Waals surface area contributed by atoms with Gasteiger partial charge in [-0.3, -0.25) is 9.59 Å². The number of furan rings is 1. The lowest BCUT2D eigenvalue weighted by atomic mass is 10.1. The van der Waals surface area contributed by atoms with E-state index < -0.39 is 5.91 Å². The first kappa shape index (κ1) is 22.2. The van der Waals surface area contributed by atoms with E-state index in [1.165, 1.54) is 17.6 Å². The van der Waals surface area contributed by atoms with Crippen molar-refractivity contribution < 1.29 is 14.0 Å². The van der Waals surface area contributed by atoms with Crippen LogP contribution in [-0.2, 0) is 6.54 Å². The summed E-state index contributed by atoms with van der Waals surface area (Å²) in [5.74, 6) is -0.142. The van der Waals surface area contributed by atoms with Gasteiger partial charge in [0.2, 0.25) is 0 Å². The Labute approximate surface area is 191 Å². The van der Waals surface area contributed by atoms with Gasteiger partial charge in [-0.15, -0.1) is 11.3 Å². The van der Waals surface area contributed by atoms with Gasteiger partial charge in [-0.1, -0.05) is 25.1 Å². The van der Waals surface area contributed by atoms with Crippen LogP contribution in [0.3, 0.4) is 0 Å². The Kier molecular flexibility index (Phi) is 6.72. The zero-order valence-electron chi connectivity index (χ0n) is 18.7. The van der Waals surface area contributed by atoms with Crippen LogP contribution in [0.15, 0.2) is 52.1 Å². The van der Waals surface area contributed by atoms with Crippen molar-refractivity contribution in [1.82, 2.24) is 14.4 Å². The predicted octanol–water partition coefficient (Wildman–Crippen LogP) is 3.33. The third-order valence-corrected chi connectivity index (χ3v) is 7.10. The Hall–Kier alpha value is -2.97. The van der Waals surface area contributed by atoms with Crippen molar-refractivity contribution in [2.75, 3.05) is 32.7 Å². The molecule has 0 unspecified atom stereocenters. The monoisotopic (exact) mass is 452 g/mol. The number of aromatic nitrogens is 1. The van der Waals surface area contributed by atoms with E-state index in [1.54, 1.807) is 12.1 Å². The molecule has 4 rings (SSSR count). The van der Waals surface area contributed by atoms with Gasteiger partial charge in [0.25, 0.3) is 5.91 Å². The number of thiazole rings is 1. The number of hydrogen-bond donors (Lipinski definition) is 0. The van der Waals surface area contributed by atoms with Crippen LogP contribution in [0.2, 0.25) is 0 Å². The van der Waals surface area contributed by atoms with E-state index in [-0.39, 0.29) is 11.7 Å². The molecular formula is C24H28N4O3S. The molecule has 0 saturated carbocycles. The van der Waals surface area contributed by atoms with Crippen molar-refractivity contribution in [3.05, 3.63) is 74.9 Å². The van der Waals surface area contributed by atoms with E-state index in [0.717, 1.165) is 48.9 Å². The number of rotatable bonds is 5. The summed E-state index contributed by atoms with van der Waals surface area (Å²) in [7, 11) is 0. The van der Waals surface area contributed by atoms with Gasteiger partial charge in [0.1, 0.15) is 0 Å². The van der Waals surface area contributed by atoms with Gasteiger partial charge in [-0.05, 0) is 44.2 Å². The first-order valence-corrected chi connectivity index (χ1v) is 11.7. The van der Waals surface area contributed by atoms with Crippen LogP contribution >= 0.6 is 11.3 Å². The molecule has 1 aromatic carbocycles. The lowest BCUT2D eigenvalue weighted by molar-refractivity contribution is 0.0642. The largest absolute Gasteiger partial charge is 0.459 e. The number of carbonyl (C=O) groups excluding carboxylic acids is 2. The van der Waals surface area contributed by atoms with Crippen LogP contribution in [0.25, 0.3) is 0 Å². The molecule has 168 valence electrons. The summed E-state index contributed by atoms with van der Waals surface area (Å²) in [5.41, 5.74) is 2.65. The van der Waals surface area contributed by atoms with Crippen molar-refractivity contribution in [2.45, 2.75) is 27.3 Å². The van der Waals surface area contributed by atoms with Gasteiger partial charge in [0.15, 0.2) is 10.6 Å². The second kappa shape index (κ2) is 9.67. The highest BCUT2D eigenvalue weighted by Gasteiger charge is 2.23. The Balaban J connectivity index is 1.63. The van der Waals surface area contributed by atoms with E-state index in [9.17, 15) is 9.59 Å². The zero-order valence-corrected chi connectivity index (χ0v) is 19.5. The number of benzene rings is 1. The van der Waals surface area contributed by atoms with Crippen molar-refractivity contribution >= 4 is 23.2 Å². The number of nitrogens with zero attached hydrogens (tertiary/aromatic N) is 4. The maximum atomic E-state index is 13.3. The molecule has 2 aromatic heterocycles. The van der Waals surface area contributed by atoms with Gasteiger partial charge in [-0.2, -0.15) is 4.99 Å². The Morgan fingerprint density at radius 2 is 1.81 bits per heavy atom. The highest BCUT2D eigenvalue weighted by atomic mass is 32.1. The standard InChI is InChI=1S/C24H28N4O3S/c1-4-26-11-13-27(14-12-26)23(30)20-9-6-5-8-19(20)16-28-17(2)18(3)32-24(28)25-22(29)21-10-7-15-31-21/h5-10,15H,4,11-14,16H2,1-3H3. The van der Waals surface area contributed by atoms with Crippen LogP contribution in [0.5, 0.6) is 0 Å². The Bertz CT molecular complexity index is 1170.